The maximum Gasteiger partial charge on any atom is 0.280 e. The first-order valence-electron chi connectivity index (χ1n) is 4.43. The van der Waals surface area contributed by atoms with Crippen LogP contribution in [0.1, 0.15) is 12.1 Å². The fraction of sp³-hybridized carbons (Fsp3) is 0.0909. The molecule has 2 nitrogen and oxygen atoms in total. The predicted molar refractivity (Wildman–Crippen MR) is 52.4 cm³/mol. The van der Waals surface area contributed by atoms with Gasteiger partial charge in [0.25, 0.3) is 6.43 Å². The number of nitrogens with zero attached hydrogens (tertiary/aromatic N) is 2. The summed E-state index contributed by atoms with van der Waals surface area (Å²) in [5.74, 6) is 0. The van der Waals surface area contributed by atoms with Gasteiger partial charge in [0.15, 0.2) is 0 Å². The fourth-order valence-corrected chi connectivity index (χ4v) is 1.26. The molecule has 0 aliphatic carbocycles. The Kier molecular flexibility index (Phi) is 2.67. The van der Waals surface area contributed by atoms with Gasteiger partial charge in [-0.25, -0.2) is 13.8 Å². The van der Waals surface area contributed by atoms with Gasteiger partial charge in [0, 0.05) is 18.0 Å². The minimum absolute atomic E-state index is 0.204. The first kappa shape index (κ1) is 9.71. The molecule has 0 atom stereocenters. The summed E-state index contributed by atoms with van der Waals surface area (Å²) in [6.07, 6.45) is 0.671. The summed E-state index contributed by atoms with van der Waals surface area (Å²) >= 11 is 0. The summed E-state index contributed by atoms with van der Waals surface area (Å²) in [4.78, 5) is 7.72. The molecule has 2 aromatic rings. The van der Waals surface area contributed by atoms with E-state index in [1.807, 2.05) is 0 Å². The SMILES string of the molecule is FC(F)c1cccc(-c2ccncc2)n1. The van der Waals surface area contributed by atoms with Crippen LogP contribution in [0.3, 0.4) is 0 Å². The maximum absolute atomic E-state index is 12.4. The molecule has 0 bridgehead atoms. The van der Waals surface area contributed by atoms with Gasteiger partial charge < -0.3 is 0 Å². The lowest BCUT2D eigenvalue weighted by Gasteiger charge is -2.03. The molecule has 76 valence electrons. The molecular formula is C11H8F2N2. The van der Waals surface area contributed by atoms with Crippen molar-refractivity contribution in [2.24, 2.45) is 0 Å². The number of aromatic nitrogens is 2. The number of hydrogen-bond acceptors (Lipinski definition) is 2. The summed E-state index contributed by atoms with van der Waals surface area (Å²) in [5.41, 5.74) is 1.12. The van der Waals surface area contributed by atoms with E-state index in [1.54, 1.807) is 36.7 Å². The second-order valence-corrected chi connectivity index (χ2v) is 2.98. The first-order valence-corrected chi connectivity index (χ1v) is 4.43. The van der Waals surface area contributed by atoms with Crippen LogP contribution in [-0.4, -0.2) is 9.97 Å². The van der Waals surface area contributed by atoms with Crippen LogP contribution in [0.2, 0.25) is 0 Å². The number of halogens is 2. The highest BCUT2D eigenvalue weighted by Crippen LogP contribution is 2.21. The van der Waals surface area contributed by atoms with Gasteiger partial charge in [-0.1, -0.05) is 6.07 Å². The monoisotopic (exact) mass is 206 g/mol. The molecular weight excluding hydrogens is 198 g/mol. The van der Waals surface area contributed by atoms with Gasteiger partial charge in [-0.2, -0.15) is 0 Å². The highest BCUT2D eigenvalue weighted by molar-refractivity contribution is 5.58. The van der Waals surface area contributed by atoms with Crippen LogP contribution in [0.25, 0.3) is 11.3 Å². The van der Waals surface area contributed by atoms with Crippen molar-refractivity contribution in [1.82, 2.24) is 9.97 Å². The third-order valence-corrected chi connectivity index (χ3v) is 1.97. The summed E-state index contributed by atoms with van der Waals surface area (Å²) in [5, 5.41) is 0. The van der Waals surface area contributed by atoms with Gasteiger partial charge in [0.2, 0.25) is 0 Å². The molecule has 0 N–H and O–H groups in total. The topological polar surface area (TPSA) is 25.8 Å². The zero-order valence-corrected chi connectivity index (χ0v) is 7.77. The van der Waals surface area contributed by atoms with E-state index in [9.17, 15) is 8.78 Å². The Morgan fingerprint density at radius 2 is 1.73 bits per heavy atom. The van der Waals surface area contributed by atoms with Crippen LogP contribution in [0, 0.1) is 0 Å². The molecule has 0 aromatic carbocycles. The third kappa shape index (κ3) is 2.15. The molecule has 0 radical (unpaired) electrons. The van der Waals surface area contributed by atoms with Crippen molar-refractivity contribution < 1.29 is 8.78 Å². The zero-order chi connectivity index (χ0) is 10.7. The zero-order valence-electron chi connectivity index (χ0n) is 7.77. The summed E-state index contributed by atoms with van der Waals surface area (Å²) < 4.78 is 24.8. The maximum atomic E-state index is 12.4. The largest absolute Gasteiger partial charge is 0.280 e. The van der Waals surface area contributed by atoms with Gasteiger partial charge in [-0.05, 0) is 24.3 Å². The summed E-state index contributed by atoms with van der Waals surface area (Å²) in [6.45, 7) is 0. The van der Waals surface area contributed by atoms with Crippen molar-refractivity contribution in [2.45, 2.75) is 6.43 Å². The second kappa shape index (κ2) is 4.13. The Labute approximate surface area is 85.6 Å². The van der Waals surface area contributed by atoms with Crippen molar-refractivity contribution in [3.63, 3.8) is 0 Å². The van der Waals surface area contributed by atoms with Crippen LogP contribution >= 0.6 is 0 Å². The Bertz CT molecular complexity index is 443. The van der Waals surface area contributed by atoms with Crippen molar-refractivity contribution in [2.75, 3.05) is 0 Å². The van der Waals surface area contributed by atoms with Crippen LogP contribution in [-0.2, 0) is 0 Å². The molecule has 15 heavy (non-hydrogen) atoms. The lowest BCUT2D eigenvalue weighted by atomic mass is 10.2. The highest BCUT2D eigenvalue weighted by Gasteiger charge is 2.09. The van der Waals surface area contributed by atoms with Crippen molar-refractivity contribution in [1.29, 1.82) is 0 Å². The van der Waals surface area contributed by atoms with Gasteiger partial charge in [0.1, 0.15) is 5.69 Å². The normalized spacial score (nSPS) is 10.6. The predicted octanol–water partition coefficient (Wildman–Crippen LogP) is 3.08. The summed E-state index contributed by atoms with van der Waals surface area (Å²) in [6, 6.07) is 8.05. The number of rotatable bonds is 2. The molecule has 0 aliphatic rings. The average molecular weight is 206 g/mol. The molecule has 0 saturated heterocycles. The number of pyridine rings is 2. The van der Waals surface area contributed by atoms with Crippen LogP contribution < -0.4 is 0 Å². The van der Waals surface area contributed by atoms with E-state index in [0.29, 0.717) is 5.69 Å². The van der Waals surface area contributed by atoms with Gasteiger partial charge in [-0.15, -0.1) is 0 Å². The number of alkyl halides is 2. The molecule has 0 aliphatic heterocycles. The Morgan fingerprint density at radius 1 is 1.00 bits per heavy atom. The summed E-state index contributed by atoms with van der Waals surface area (Å²) in [7, 11) is 0. The molecule has 2 aromatic heterocycles. The Hall–Kier alpha value is -1.84. The molecule has 2 heterocycles. The van der Waals surface area contributed by atoms with Crippen LogP contribution in [0.15, 0.2) is 42.7 Å². The van der Waals surface area contributed by atoms with Gasteiger partial charge in [0.05, 0.1) is 5.69 Å². The second-order valence-electron chi connectivity index (χ2n) is 2.98. The molecule has 0 fully saturated rings. The van der Waals surface area contributed by atoms with E-state index in [1.165, 1.54) is 6.07 Å². The minimum Gasteiger partial charge on any atom is -0.265 e. The number of hydrogen-bond donors (Lipinski definition) is 0. The van der Waals surface area contributed by atoms with E-state index in [0.717, 1.165) is 5.56 Å². The van der Waals surface area contributed by atoms with E-state index in [2.05, 4.69) is 9.97 Å². The average Bonchev–Trinajstić information content (AvgIpc) is 2.30. The highest BCUT2D eigenvalue weighted by atomic mass is 19.3. The van der Waals surface area contributed by atoms with Crippen molar-refractivity contribution in [3.05, 3.63) is 48.4 Å². The quantitative estimate of drug-likeness (QED) is 0.754. The Balaban J connectivity index is 2.42. The van der Waals surface area contributed by atoms with Gasteiger partial charge in [-0.3, -0.25) is 4.98 Å². The van der Waals surface area contributed by atoms with Crippen molar-refractivity contribution >= 4 is 0 Å². The van der Waals surface area contributed by atoms with Crippen molar-refractivity contribution in [3.8, 4) is 11.3 Å². The molecule has 4 heteroatoms. The van der Waals surface area contributed by atoms with Gasteiger partial charge >= 0.3 is 0 Å². The lowest BCUT2D eigenvalue weighted by molar-refractivity contribution is 0.146. The molecule has 0 saturated carbocycles. The van der Waals surface area contributed by atoms with Crippen LogP contribution in [0.5, 0.6) is 0 Å². The standard InChI is InChI=1S/C11H8F2N2/c12-11(13)10-3-1-2-9(15-10)8-4-6-14-7-5-8/h1-7,11H. The van der Waals surface area contributed by atoms with Crippen LogP contribution in [0.4, 0.5) is 8.78 Å². The molecule has 0 unspecified atom stereocenters. The first-order chi connectivity index (χ1) is 7.27. The third-order valence-electron chi connectivity index (χ3n) is 1.97. The minimum atomic E-state index is -2.54. The smallest absolute Gasteiger partial charge is 0.265 e. The molecule has 2 rings (SSSR count). The van der Waals surface area contributed by atoms with E-state index in [4.69, 9.17) is 0 Å². The lowest BCUT2D eigenvalue weighted by Crippen LogP contribution is -1.91. The molecule has 0 amide bonds. The Morgan fingerprint density at radius 3 is 2.40 bits per heavy atom. The van der Waals surface area contributed by atoms with E-state index in [-0.39, 0.29) is 5.69 Å². The van der Waals surface area contributed by atoms with E-state index >= 15 is 0 Å². The molecule has 0 spiro atoms. The fourth-order valence-electron chi connectivity index (χ4n) is 1.26. The van der Waals surface area contributed by atoms with E-state index < -0.39 is 6.43 Å².